The summed E-state index contributed by atoms with van der Waals surface area (Å²) in [6, 6.07) is 14.3. The number of nitrogens with one attached hydrogen (secondary N) is 2. The molecule has 1 amide bonds. The van der Waals surface area contributed by atoms with Crippen LogP contribution in [0.3, 0.4) is 0 Å². The molecule has 164 valence electrons. The summed E-state index contributed by atoms with van der Waals surface area (Å²) in [4.78, 5) is 18.1. The number of halogens is 1. The van der Waals surface area contributed by atoms with Gasteiger partial charge in [0.1, 0.15) is 5.82 Å². The molecule has 2 aromatic heterocycles. The third-order valence-corrected chi connectivity index (χ3v) is 5.87. The van der Waals surface area contributed by atoms with Gasteiger partial charge in [-0.25, -0.2) is 22.5 Å². The van der Waals surface area contributed by atoms with Crippen molar-refractivity contribution in [1.29, 1.82) is 0 Å². The molecule has 11 heteroatoms. The minimum atomic E-state index is -3.47. The molecule has 4 aromatic rings. The van der Waals surface area contributed by atoms with E-state index in [1.807, 2.05) is 17.5 Å². The van der Waals surface area contributed by atoms with Crippen LogP contribution in [-0.4, -0.2) is 35.3 Å². The number of nitrogens with zero attached hydrogens (tertiary/aromatic N) is 3. The van der Waals surface area contributed by atoms with Gasteiger partial charge < -0.3 is 5.32 Å². The summed E-state index contributed by atoms with van der Waals surface area (Å²) in [5.74, 6) is -0.601. The molecule has 4 rings (SSSR count). The first-order valence-corrected chi connectivity index (χ1v) is 12.1. The highest BCUT2D eigenvalue weighted by Crippen LogP contribution is 2.26. The maximum absolute atomic E-state index is 13.4. The molecule has 2 N–H and O–H groups in total. The van der Waals surface area contributed by atoms with Crippen molar-refractivity contribution in [3.8, 4) is 16.4 Å². The lowest BCUT2D eigenvalue weighted by molar-refractivity contribution is 0.101. The highest BCUT2D eigenvalue weighted by molar-refractivity contribution is 7.92. The van der Waals surface area contributed by atoms with E-state index in [1.165, 1.54) is 34.2 Å². The highest BCUT2D eigenvalue weighted by atomic mass is 32.2. The lowest BCUT2D eigenvalue weighted by atomic mass is 10.2. The fourth-order valence-corrected chi connectivity index (χ4v) is 4.25. The van der Waals surface area contributed by atoms with Crippen molar-refractivity contribution >= 4 is 38.6 Å². The van der Waals surface area contributed by atoms with Gasteiger partial charge in [0, 0.05) is 5.69 Å². The standard InChI is InChI=1S/C21H18FN5O3S2/c1-13-5-8-15(12-17(13)26-32(2,29)30)23-21(28)19-24-20(18-4-3-11-31-18)27(25-19)16-9-6-14(22)7-10-16/h3-12,26H,1-2H3,(H,23,28). The summed E-state index contributed by atoms with van der Waals surface area (Å²) in [5.41, 5.74) is 1.99. The molecule has 2 heterocycles. The smallest absolute Gasteiger partial charge is 0.295 e. The Morgan fingerprint density at radius 3 is 2.53 bits per heavy atom. The molecule has 0 saturated carbocycles. The van der Waals surface area contributed by atoms with Gasteiger partial charge in [-0.3, -0.25) is 9.52 Å². The minimum Gasteiger partial charge on any atom is -0.319 e. The monoisotopic (exact) mass is 471 g/mol. The second kappa shape index (κ2) is 8.52. The number of hydrogen-bond acceptors (Lipinski definition) is 6. The van der Waals surface area contributed by atoms with E-state index in [2.05, 4.69) is 20.1 Å². The summed E-state index contributed by atoms with van der Waals surface area (Å²) >= 11 is 1.43. The fourth-order valence-electron chi connectivity index (χ4n) is 2.93. The van der Waals surface area contributed by atoms with Crippen molar-refractivity contribution in [2.45, 2.75) is 6.92 Å². The van der Waals surface area contributed by atoms with Gasteiger partial charge in [-0.15, -0.1) is 16.4 Å². The summed E-state index contributed by atoms with van der Waals surface area (Å²) < 4.78 is 40.4. The molecule has 0 unspecified atom stereocenters. The van der Waals surface area contributed by atoms with Gasteiger partial charge in [0.15, 0.2) is 5.82 Å². The second-order valence-corrected chi connectivity index (χ2v) is 9.68. The Morgan fingerprint density at radius 2 is 1.88 bits per heavy atom. The molecule has 0 saturated heterocycles. The van der Waals surface area contributed by atoms with Crippen molar-refractivity contribution in [1.82, 2.24) is 14.8 Å². The molecule has 0 atom stereocenters. The first-order valence-electron chi connectivity index (χ1n) is 9.36. The van der Waals surface area contributed by atoms with Gasteiger partial charge in [0.2, 0.25) is 15.8 Å². The quantitative estimate of drug-likeness (QED) is 0.441. The predicted molar refractivity (Wildman–Crippen MR) is 122 cm³/mol. The number of anilines is 2. The number of carbonyl (C=O) groups excluding carboxylic acids is 1. The van der Waals surface area contributed by atoms with Crippen molar-refractivity contribution in [2.24, 2.45) is 0 Å². The van der Waals surface area contributed by atoms with Gasteiger partial charge in [0.05, 0.1) is 22.5 Å². The van der Waals surface area contributed by atoms with E-state index in [0.29, 0.717) is 28.5 Å². The summed E-state index contributed by atoms with van der Waals surface area (Å²) in [6.45, 7) is 1.75. The van der Waals surface area contributed by atoms with E-state index in [4.69, 9.17) is 0 Å². The van der Waals surface area contributed by atoms with Crippen LogP contribution < -0.4 is 10.0 Å². The topological polar surface area (TPSA) is 106 Å². The van der Waals surface area contributed by atoms with E-state index < -0.39 is 15.9 Å². The zero-order valence-electron chi connectivity index (χ0n) is 17.0. The Kier molecular flexibility index (Phi) is 5.76. The molecule has 0 radical (unpaired) electrons. The van der Waals surface area contributed by atoms with Gasteiger partial charge in [-0.1, -0.05) is 12.1 Å². The van der Waals surface area contributed by atoms with Crippen molar-refractivity contribution in [3.63, 3.8) is 0 Å². The van der Waals surface area contributed by atoms with Crippen LogP contribution in [0.1, 0.15) is 16.2 Å². The summed E-state index contributed by atoms with van der Waals surface area (Å²) in [5, 5.41) is 8.89. The zero-order chi connectivity index (χ0) is 22.9. The number of benzene rings is 2. The lowest BCUT2D eigenvalue weighted by Crippen LogP contribution is -2.15. The number of thiophene rings is 1. The Bertz CT molecular complexity index is 1380. The molecule has 0 aliphatic carbocycles. The van der Waals surface area contributed by atoms with Gasteiger partial charge in [0.25, 0.3) is 5.91 Å². The third kappa shape index (κ3) is 4.84. The third-order valence-electron chi connectivity index (χ3n) is 4.41. The average molecular weight is 472 g/mol. The maximum atomic E-state index is 13.4. The Labute approximate surface area is 187 Å². The van der Waals surface area contributed by atoms with Gasteiger partial charge in [-0.2, -0.15) is 0 Å². The Hall–Kier alpha value is -3.57. The largest absolute Gasteiger partial charge is 0.319 e. The van der Waals surface area contributed by atoms with E-state index in [1.54, 1.807) is 31.2 Å². The first kappa shape index (κ1) is 21.7. The molecular weight excluding hydrogens is 453 g/mol. The van der Waals surface area contributed by atoms with Crippen LogP contribution in [0.2, 0.25) is 0 Å². The number of aryl methyl sites for hydroxylation is 1. The molecule has 8 nitrogen and oxygen atoms in total. The molecule has 2 aromatic carbocycles. The van der Waals surface area contributed by atoms with Gasteiger partial charge in [-0.05, 0) is 60.3 Å². The molecular formula is C21H18FN5O3S2. The predicted octanol–water partition coefficient (Wildman–Crippen LogP) is 4.07. The second-order valence-electron chi connectivity index (χ2n) is 6.98. The van der Waals surface area contributed by atoms with Crippen LogP contribution in [0, 0.1) is 12.7 Å². The molecule has 32 heavy (non-hydrogen) atoms. The average Bonchev–Trinajstić information content (AvgIpc) is 3.40. The number of sulfonamides is 1. The number of aromatic nitrogens is 3. The number of amides is 1. The molecule has 0 bridgehead atoms. The number of carbonyl (C=O) groups is 1. The SMILES string of the molecule is Cc1ccc(NC(=O)c2nc(-c3cccs3)n(-c3ccc(F)cc3)n2)cc1NS(C)(=O)=O. The van der Waals surface area contributed by atoms with E-state index in [-0.39, 0.29) is 11.6 Å². The fraction of sp³-hybridized carbons (Fsp3) is 0.0952. The molecule has 0 spiro atoms. The van der Waals surface area contributed by atoms with E-state index in [0.717, 1.165) is 11.1 Å². The van der Waals surface area contributed by atoms with E-state index >= 15 is 0 Å². The van der Waals surface area contributed by atoms with Crippen LogP contribution in [-0.2, 0) is 10.0 Å². The molecule has 0 aliphatic rings. The number of rotatable bonds is 6. The Balaban J connectivity index is 1.67. The molecule has 0 fully saturated rings. The van der Waals surface area contributed by atoms with Crippen LogP contribution in [0.4, 0.5) is 15.8 Å². The van der Waals surface area contributed by atoms with Crippen LogP contribution in [0.5, 0.6) is 0 Å². The normalized spacial score (nSPS) is 11.3. The summed E-state index contributed by atoms with van der Waals surface area (Å²) in [7, 11) is -3.47. The Morgan fingerprint density at radius 1 is 1.12 bits per heavy atom. The summed E-state index contributed by atoms with van der Waals surface area (Å²) in [6.07, 6.45) is 1.05. The van der Waals surface area contributed by atoms with Crippen LogP contribution >= 0.6 is 11.3 Å². The van der Waals surface area contributed by atoms with Crippen LogP contribution in [0.15, 0.2) is 60.0 Å². The van der Waals surface area contributed by atoms with Crippen LogP contribution in [0.25, 0.3) is 16.4 Å². The van der Waals surface area contributed by atoms with Gasteiger partial charge >= 0.3 is 0 Å². The zero-order valence-corrected chi connectivity index (χ0v) is 18.7. The van der Waals surface area contributed by atoms with Crippen molar-refractivity contribution in [2.75, 3.05) is 16.3 Å². The first-order chi connectivity index (χ1) is 15.2. The highest BCUT2D eigenvalue weighted by Gasteiger charge is 2.20. The number of hydrogen-bond donors (Lipinski definition) is 2. The van der Waals surface area contributed by atoms with E-state index in [9.17, 15) is 17.6 Å². The molecule has 0 aliphatic heterocycles. The maximum Gasteiger partial charge on any atom is 0.295 e. The van der Waals surface area contributed by atoms with Crippen molar-refractivity contribution in [3.05, 3.63) is 77.2 Å². The minimum absolute atomic E-state index is 0.0871. The lowest BCUT2D eigenvalue weighted by Gasteiger charge is -2.10. The van der Waals surface area contributed by atoms with Crippen molar-refractivity contribution < 1.29 is 17.6 Å².